The van der Waals surface area contributed by atoms with Gasteiger partial charge in [-0.3, -0.25) is 9.59 Å². The lowest BCUT2D eigenvalue weighted by atomic mass is 10.2. The fraction of sp³-hybridized carbons (Fsp3) is 0.500. The smallest absolute Gasteiger partial charge is 0.255 e. The summed E-state index contributed by atoms with van der Waals surface area (Å²) < 4.78 is 0. The van der Waals surface area contributed by atoms with Crippen molar-refractivity contribution in [3.63, 3.8) is 0 Å². The van der Waals surface area contributed by atoms with Gasteiger partial charge < -0.3 is 15.3 Å². The van der Waals surface area contributed by atoms with Gasteiger partial charge in [-0.15, -0.1) is 0 Å². The average Bonchev–Trinajstić information content (AvgIpc) is 2.68. The highest BCUT2D eigenvalue weighted by atomic mass is 16.3. The molecule has 2 rings (SSSR count). The SMILES string of the molecule is O=C(NCCCN1CCCCCC1=O)c1ccccc1O. The molecule has 0 unspecified atom stereocenters. The number of carbonyl (C=O) groups is 2. The third kappa shape index (κ3) is 4.48. The van der Waals surface area contributed by atoms with E-state index in [1.165, 1.54) is 6.07 Å². The van der Waals surface area contributed by atoms with E-state index in [-0.39, 0.29) is 23.1 Å². The second kappa shape index (κ2) is 7.67. The molecular formula is C16H22N2O3. The molecule has 2 N–H and O–H groups in total. The molecule has 0 spiro atoms. The summed E-state index contributed by atoms with van der Waals surface area (Å²) in [6.07, 6.45) is 4.54. The van der Waals surface area contributed by atoms with Crippen LogP contribution in [-0.4, -0.2) is 41.5 Å². The second-order valence-electron chi connectivity index (χ2n) is 5.32. The van der Waals surface area contributed by atoms with Crippen molar-refractivity contribution >= 4 is 11.8 Å². The summed E-state index contributed by atoms with van der Waals surface area (Å²) in [5.41, 5.74) is 0.281. The number of hydrogen-bond donors (Lipinski definition) is 2. The first-order valence-electron chi connectivity index (χ1n) is 7.52. The molecule has 1 fully saturated rings. The zero-order valence-corrected chi connectivity index (χ0v) is 12.2. The normalized spacial score (nSPS) is 15.6. The van der Waals surface area contributed by atoms with Crippen LogP contribution < -0.4 is 5.32 Å². The van der Waals surface area contributed by atoms with E-state index in [2.05, 4.69) is 5.32 Å². The minimum Gasteiger partial charge on any atom is -0.507 e. The predicted molar refractivity (Wildman–Crippen MR) is 80.1 cm³/mol. The van der Waals surface area contributed by atoms with Gasteiger partial charge in [-0.2, -0.15) is 0 Å². The van der Waals surface area contributed by atoms with Crippen LogP contribution in [0.4, 0.5) is 0 Å². The third-order valence-electron chi connectivity index (χ3n) is 3.71. The lowest BCUT2D eigenvalue weighted by molar-refractivity contribution is -0.130. The monoisotopic (exact) mass is 290 g/mol. The zero-order valence-electron chi connectivity index (χ0n) is 12.2. The predicted octanol–water partition coefficient (Wildman–Crippen LogP) is 1.91. The molecule has 5 heteroatoms. The minimum absolute atomic E-state index is 0.0160. The number of phenolic OH excluding ortho intramolecular Hbond substituents is 1. The van der Waals surface area contributed by atoms with Gasteiger partial charge >= 0.3 is 0 Å². The van der Waals surface area contributed by atoms with E-state index in [0.717, 1.165) is 32.2 Å². The van der Waals surface area contributed by atoms with Crippen LogP contribution in [0.5, 0.6) is 5.75 Å². The number of likely N-dealkylation sites (tertiary alicyclic amines) is 1. The molecule has 21 heavy (non-hydrogen) atoms. The highest BCUT2D eigenvalue weighted by Gasteiger charge is 2.16. The molecule has 0 bridgehead atoms. The van der Waals surface area contributed by atoms with Crippen LogP contribution in [0.25, 0.3) is 0 Å². The number of aromatic hydroxyl groups is 1. The second-order valence-corrected chi connectivity index (χ2v) is 5.32. The van der Waals surface area contributed by atoms with Crippen LogP contribution in [0.1, 0.15) is 42.5 Å². The topological polar surface area (TPSA) is 69.6 Å². The Morgan fingerprint density at radius 2 is 2.05 bits per heavy atom. The number of carbonyl (C=O) groups excluding carboxylic acids is 2. The summed E-state index contributed by atoms with van der Waals surface area (Å²) in [6, 6.07) is 6.47. The number of nitrogens with zero attached hydrogens (tertiary/aromatic N) is 1. The molecule has 0 aromatic heterocycles. The van der Waals surface area contributed by atoms with E-state index in [1.54, 1.807) is 18.2 Å². The number of rotatable bonds is 5. The van der Waals surface area contributed by atoms with Crippen molar-refractivity contribution in [1.82, 2.24) is 10.2 Å². The number of hydrogen-bond acceptors (Lipinski definition) is 3. The van der Waals surface area contributed by atoms with E-state index in [0.29, 0.717) is 19.5 Å². The van der Waals surface area contributed by atoms with Crippen molar-refractivity contribution in [2.24, 2.45) is 0 Å². The van der Waals surface area contributed by atoms with Crippen LogP contribution in [0.15, 0.2) is 24.3 Å². The maximum absolute atomic E-state index is 11.9. The first-order chi connectivity index (χ1) is 10.2. The van der Waals surface area contributed by atoms with Crippen LogP contribution in [0, 0.1) is 0 Å². The van der Waals surface area contributed by atoms with Crippen molar-refractivity contribution in [1.29, 1.82) is 0 Å². The maximum Gasteiger partial charge on any atom is 0.255 e. The number of para-hydroxylation sites is 1. The van der Waals surface area contributed by atoms with Crippen molar-refractivity contribution < 1.29 is 14.7 Å². The van der Waals surface area contributed by atoms with Crippen molar-refractivity contribution in [2.75, 3.05) is 19.6 Å². The van der Waals surface area contributed by atoms with Crippen LogP contribution >= 0.6 is 0 Å². The zero-order chi connectivity index (χ0) is 15.1. The Hall–Kier alpha value is -2.04. The summed E-state index contributed by atoms with van der Waals surface area (Å²) in [7, 11) is 0. The Labute approximate surface area is 125 Å². The molecule has 114 valence electrons. The minimum atomic E-state index is -0.282. The summed E-state index contributed by atoms with van der Waals surface area (Å²) in [5.74, 6) is -0.0764. The van der Waals surface area contributed by atoms with Gasteiger partial charge in [-0.1, -0.05) is 18.6 Å². The molecule has 1 heterocycles. The Balaban J connectivity index is 1.73. The van der Waals surface area contributed by atoms with Crippen molar-refractivity contribution in [3.8, 4) is 5.75 Å². The van der Waals surface area contributed by atoms with E-state index in [9.17, 15) is 14.7 Å². The fourth-order valence-corrected chi connectivity index (χ4v) is 2.51. The summed E-state index contributed by atoms with van der Waals surface area (Å²) in [6.45, 7) is 2.00. The molecule has 1 aromatic rings. The van der Waals surface area contributed by atoms with Crippen LogP contribution in [0.2, 0.25) is 0 Å². The molecular weight excluding hydrogens is 268 g/mol. The van der Waals surface area contributed by atoms with Gasteiger partial charge in [0.15, 0.2) is 0 Å². The van der Waals surface area contributed by atoms with Crippen molar-refractivity contribution in [2.45, 2.75) is 32.1 Å². The number of phenols is 1. The van der Waals surface area contributed by atoms with Gasteiger partial charge in [-0.25, -0.2) is 0 Å². The van der Waals surface area contributed by atoms with E-state index in [4.69, 9.17) is 0 Å². The van der Waals surface area contributed by atoms with E-state index < -0.39 is 0 Å². The lowest BCUT2D eigenvalue weighted by Crippen LogP contribution is -2.34. The molecule has 1 aliphatic heterocycles. The molecule has 1 aromatic carbocycles. The third-order valence-corrected chi connectivity index (χ3v) is 3.71. The van der Waals surface area contributed by atoms with Gasteiger partial charge in [0.1, 0.15) is 5.75 Å². The standard InChI is InChI=1S/C16H22N2O3/c19-14-8-4-3-7-13(14)16(21)17-10-6-12-18-11-5-1-2-9-15(18)20/h3-4,7-8,19H,1-2,5-6,9-12H2,(H,17,21). The highest BCUT2D eigenvalue weighted by molar-refractivity contribution is 5.96. The number of nitrogens with one attached hydrogen (secondary N) is 1. The quantitative estimate of drug-likeness (QED) is 0.814. The van der Waals surface area contributed by atoms with Gasteiger partial charge in [0.05, 0.1) is 5.56 Å². The molecule has 2 amide bonds. The Bertz CT molecular complexity index is 502. The Morgan fingerprint density at radius 1 is 1.24 bits per heavy atom. The van der Waals surface area contributed by atoms with Gasteiger partial charge in [0, 0.05) is 26.1 Å². The maximum atomic E-state index is 11.9. The molecule has 0 aliphatic carbocycles. The molecule has 0 radical (unpaired) electrons. The first-order valence-corrected chi connectivity index (χ1v) is 7.52. The van der Waals surface area contributed by atoms with Gasteiger partial charge in [0.25, 0.3) is 5.91 Å². The Kier molecular flexibility index (Phi) is 5.60. The summed E-state index contributed by atoms with van der Waals surface area (Å²) >= 11 is 0. The fourth-order valence-electron chi connectivity index (χ4n) is 2.51. The highest BCUT2D eigenvalue weighted by Crippen LogP contribution is 2.15. The average molecular weight is 290 g/mol. The van der Waals surface area contributed by atoms with Crippen LogP contribution in [0.3, 0.4) is 0 Å². The largest absolute Gasteiger partial charge is 0.507 e. The van der Waals surface area contributed by atoms with Gasteiger partial charge in [-0.05, 0) is 31.4 Å². The van der Waals surface area contributed by atoms with Crippen LogP contribution in [-0.2, 0) is 4.79 Å². The molecule has 0 atom stereocenters. The lowest BCUT2D eigenvalue weighted by Gasteiger charge is -2.20. The van der Waals surface area contributed by atoms with E-state index in [1.807, 2.05) is 4.90 Å². The molecule has 1 saturated heterocycles. The van der Waals surface area contributed by atoms with Crippen molar-refractivity contribution in [3.05, 3.63) is 29.8 Å². The molecule has 5 nitrogen and oxygen atoms in total. The summed E-state index contributed by atoms with van der Waals surface area (Å²) in [5, 5.41) is 12.4. The number of amides is 2. The molecule has 0 saturated carbocycles. The Morgan fingerprint density at radius 3 is 2.86 bits per heavy atom. The number of benzene rings is 1. The summed E-state index contributed by atoms with van der Waals surface area (Å²) in [4.78, 5) is 25.6. The first kappa shape index (κ1) is 15.4. The van der Waals surface area contributed by atoms with E-state index >= 15 is 0 Å². The molecule has 1 aliphatic rings. The van der Waals surface area contributed by atoms with Gasteiger partial charge in [0.2, 0.25) is 5.91 Å².